The Labute approximate surface area is 172 Å². The molecule has 0 saturated heterocycles. The van der Waals surface area contributed by atoms with Gasteiger partial charge in [-0.15, -0.1) is 11.3 Å². The van der Waals surface area contributed by atoms with Crippen molar-refractivity contribution in [2.24, 2.45) is 0 Å². The highest BCUT2D eigenvalue weighted by molar-refractivity contribution is 7.14. The molecule has 1 amide bonds. The number of benzene rings is 2. The summed E-state index contributed by atoms with van der Waals surface area (Å²) in [5.74, 6) is -1.98. The van der Waals surface area contributed by atoms with E-state index in [4.69, 9.17) is 27.6 Å². The Hall–Kier alpha value is -2.87. The molecule has 2 aromatic heterocycles. The molecule has 0 radical (unpaired) electrons. The summed E-state index contributed by atoms with van der Waals surface area (Å²) in [5.41, 5.74) is 1.68. The number of thiophene rings is 1. The van der Waals surface area contributed by atoms with Crippen LogP contribution in [0.4, 0.5) is 5.69 Å². The molecule has 0 fully saturated rings. The van der Waals surface area contributed by atoms with Gasteiger partial charge in [0.05, 0.1) is 20.6 Å². The maximum Gasteiger partial charge on any atom is 0.339 e. The number of halogens is 2. The number of hydrogen-bond donors (Lipinski definition) is 2. The van der Waals surface area contributed by atoms with Crippen LogP contribution in [0.3, 0.4) is 0 Å². The number of para-hydroxylation sites is 2. The number of carboxylic acid groups (broad SMARTS) is 1. The van der Waals surface area contributed by atoms with E-state index in [1.165, 1.54) is 11.3 Å². The molecule has 0 aliphatic heterocycles. The Kier molecular flexibility index (Phi) is 4.80. The normalized spacial score (nSPS) is 10.9. The van der Waals surface area contributed by atoms with E-state index in [1.54, 1.807) is 47.8 Å². The van der Waals surface area contributed by atoms with Crippen molar-refractivity contribution in [3.05, 3.63) is 69.3 Å². The van der Waals surface area contributed by atoms with Crippen molar-refractivity contribution in [2.75, 3.05) is 5.32 Å². The van der Waals surface area contributed by atoms with Gasteiger partial charge in [-0.2, -0.15) is 0 Å². The van der Waals surface area contributed by atoms with Crippen LogP contribution in [0.2, 0.25) is 10.0 Å². The van der Waals surface area contributed by atoms with E-state index in [9.17, 15) is 14.7 Å². The van der Waals surface area contributed by atoms with E-state index in [0.717, 1.165) is 0 Å². The van der Waals surface area contributed by atoms with Gasteiger partial charge in [0.2, 0.25) is 0 Å². The van der Waals surface area contributed by atoms with Crippen molar-refractivity contribution < 1.29 is 19.1 Å². The molecule has 9 heteroatoms. The lowest BCUT2D eigenvalue weighted by Gasteiger charge is -2.05. The second kappa shape index (κ2) is 7.27. The topological polar surface area (TPSA) is 92.4 Å². The Morgan fingerprint density at radius 1 is 1.11 bits per heavy atom. The number of rotatable bonds is 4. The maximum absolute atomic E-state index is 12.5. The maximum atomic E-state index is 12.5. The first-order chi connectivity index (χ1) is 13.4. The number of fused-ring (bicyclic) bond motifs is 1. The summed E-state index contributed by atoms with van der Waals surface area (Å²) in [6.45, 7) is 0. The number of nitrogens with one attached hydrogen (secondary N) is 1. The van der Waals surface area contributed by atoms with Crippen molar-refractivity contribution in [3.8, 4) is 10.4 Å². The molecule has 0 bridgehead atoms. The number of carbonyl (C=O) groups excluding carboxylic acids is 1. The lowest BCUT2D eigenvalue weighted by Crippen LogP contribution is -2.14. The zero-order valence-corrected chi connectivity index (χ0v) is 16.2. The highest BCUT2D eigenvalue weighted by atomic mass is 35.5. The average Bonchev–Trinajstić information content (AvgIpc) is 3.28. The molecule has 2 N–H and O–H groups in total. The summed E-state index contributed by atoms with van der Waals surface area (Å²) in [5, 5.41) is 14.5. The minimum absolute atomic E-state index is 0.0483. The van der Waals surface area contributed by atoms with Crippen LogP contribution in [0.15, 0.2) is 52.3 Å². The van der Waals surface area contributed by atoms with E-state index in [2.05, 4.69) is 10.3 Å². The minimum Gasteiger partial charge on any atom is -0.478 e. The van der Waals surface area contributed by atoms with E-state index < -0.39 is 11.9 Å². The van der Waals surface area contributed by atoms with Gasteiger partial charge in [-0.05, 0) is 29.8 Å². The van der Waals surface area contributed by atoms with Crippen LogP contribution in [0.1, 0.15) is 21.0 Å². The fraction of sp³-hybridized carbons (Fsp3) is 0. The van der Waals surface area contributed by atoms with Gasteiger partial charge in [-0.1, -0.05) is 41.4 Å². The zero-order chi connectivity index (χ0) is 19.8. The third-order valence-electron chi connectivity index (χ3n) is 3.92. The van der Waals surface area contributed by atoms with E-state index >= 15 is 0 Å². The molecule has 0 aliphatic rings. The summed E-state index contributed by atoms with van der Waals surface area (Å²) in [6.07, 6.45) is 0. The molecule has 0 spiro atoms. The minimum atomic E-state index is -1.19. The first-order valence-corrected chi connectivity index (χ1v) is 9.54. The Morgan fingerprint density at radius 2 is 1.89 bits per heavy atom. The van der Waals surface area contributed by atoms with Crippen molar-refractivity contribution >= 4 is 63.2 Å². The molecule has 2 heterocycles. The van der Waals surface area contributed by atoms with Crippen LogP contribution in [0, 0.1) is 0 Å². The predicted molar refractivity (Wildman–Crippen MR) is 109 cm³/mol. The average molecular weight is 433 g/mol. The molecule has 0 aliphatic carbocycles. The number of amides is 1. The summed E-state index contributed by atoms with van der Waals surface area (Å²) >= 11 is 13.1. The predicted octanol–water partition coefficient (Wildman–Crippen LogP) is 5.81. The van der Waals surface area contributed by atoms with Gasteiger partial charge in [0.15, 0.2) is 5.58 Å². The van der Waals surface area contributed by atoms with Crippen LogP contribution in [-0.2, 0) is 0 Å². The van der Waals surface area contributed by atoms with Crippen molar-refractivity contribution in [1.29, 1.82) is 0 Å². The molecule has 140 valence electrons. The second-order valence-corrected chi connectivity index (χ2v) is 7.42. The van der Waals surface area contributed by atoms with Crippen LogP contribution < -0.4 is 5.32 Å². The van der Waals surface area contributed by atoms with Gasteiger partial charge < -0.3 is 14.8 Å². The van der Waals surface area contributed by atoms with Crippen molar-refractivity contribution in [2.45, 2.75) is 0 Å². The molecule has 4 aromatic rings. The molecule has 0 saturated carbocycles. The van der Waals surface area contributed by atoms with Gasteiger partial charge >= 0.3 is 11.9 Å². The molecular formula is C19H10Cl2N2O4S. The zero-order valence-electron chi connectivity index (χ0n) is 13.9. The van der Waals surface area contributed by atoms with Crippen molar-refractivity contribution in [3.63, 3.8) is 0 Å². The molecular weight excluding hydrogens is 423 g/mol. The number of anilines is 1. The SMILES string of the molecule is O=C(Nc1csc(-c2ccc(Cl)c(Cl)c2)c1C(=O)O)c1nc2ccccc2o1. The highest BCUT2D eigenvalue weighted by Gasteiger charge is 2.23. The summed E-state index contributed by atoms with van der Waals surface area (Å²) < 4.78 is 5.42. The second-order valence-electron chi connectivity index (χ2n) is 5.73. The number of hydrogen-bond acceptors (Lipinski definition) is 5. The van der Waals surface area contributed by atoms with Crippen LogP contribution in [0.5, 0.6) is 0 Å². The number of aromatic nitrogens is 1. The third-order valence-corrected chi connectivity index (χ3v) is 5.69. The largest absolute Gasteiger partial charge is 0.478 e. The first kappa shape index (κ1) is 18.5. The lowest BCUT2D eigenvalue weighted by atomic mass is 10.1. The quantitative estimate of drug-likeness (QED) is 0.424. The fourth-order valence-electron chi connectivity index (χ4n) is 2.66. The molecule has 4 rings (SSSR count). The van der Waals surface area contributed by atoms with E-state index in [1.807, 2.05) is 0 Å². The highest BCUT2D eigenvalue weighted by Crippen LogP contribution is 2.38. The van der Waals surface area contributed by atoms with Gasteiger partial charge in [-0.25, -0.2) is 9.78 Å². The first-order valence-electron chi connectivity index (χ1n) is 7.91. The third kappa shape index (κ3) is 3.35. The van der Waals surface area contributed by atoms with Gasteiger partial charge in [0.1, 0.15) is 11.1 Å². The number of oxazole rings is 1. The summed E-state index contributed by atoms with van der Waals surface area (Å²) in [4.78, 5) is 28.9. The Morgan fingerprint density at radius 3 is 2.61 bits per heavy atom. The van der Waals surface area contributed by atoms with Gasteiger partial charge in [0, 0.05) is 5.38 Å². The van der Waals surface area contributed by atoms with E-state index in [0.29, 0.717) is 31.6 Å². The van der Waals surface area contributed by atoms with Gasteiger partial charge in [-0.3, -0.25) is 4.79 Å². The van der Waals surface area contributed by atoms with E-state index in [-0.39, 0.29) is 17.1 Å². The molecule has 2 aromatic carbocycles. The number of carbonyl (C=O) groups is 2. The van der Waals surface area contributed by atoms with Crippen LogP contribution in [0.25, 0.3) is 21.5 Å². The number of carboxylic acids is 1. The fourth-order valence-corrected chi connectivity index (χ4v) is 3.95. The van der Waals surface area contributed by atoms with Crippen LogP contribution >= 0.6 is 34.5 Å². The number of nitrogens with zero attached hydrogens (tertiary/aromatic N) is 1. The molecule has 0 atom stereocenters. The smallest absolute Gasteiger partial charge is 0.339 e. The Bertz CT molecular complexity index is 1200. The standard InChI is InChI=1S/C19H10Cl2N2O4S/c20-10-6-5-9(7-11(10)21)16-15(19(25)26)13(8-28-16)22-17(24)18-23-12-3-1-2-4-14(12)27-18/h1-8H,(H,22,24)(H,25,26). The van der Waals surface area contributed by atoms with Gasteiger partial charge in [0.25, 0.3) is 5.89 Å². The summed E-state index contributed by atoms with van der Waals surface area (Å²) in [7, 11) is 0. The summed E-state index contributed by atoms with van der Waals surface area (Å²) in [6, 6.07) is 11.8. The van der Waals surface area contributed by atoms with Crippen molar-refractivity contribution in [1.82, 2.24) is 4.98 Å². The molecule has 28 heavy (non-hydrogen) atoms. The molecule has 6 nitrogen and oxygen atoms in total. The Balaban J connectivity index is 1.69. The molecule has 0 unspecified atom stereocenters. The monoisotopic (exact) mass is 432 g/mol. The lowest BCUT2D eigenvalue weighted by molar-refractivity contribution is 0.0699. The number of aromatic carboxylic acids is 1. The van der Waals surface area contributed by atoms with Crippen LogP contribution in [-0.4, -0.2) is 22.0 Å².